The van der Waals surface area contributed by atoms with Crippen molar-refractivity contribution in [2.75, 3.05) is 6.54 Å². The summed E-state index contributed by atoms with van der Waals surface area (Å²) in [4.78, 5) is 9.33. The van der Waals surface area contributed by atoms with Crippen LogP contribution in [0.1, 0.15) is 131 Å². The SMILES string of the molecule is C=C1c2sc(C3CCCCCCCCC3)nc2CCN1C1CCCCCCCC1. The molecule has 29 heavy (non-hydrogen) atoms. The molecule has 0 amide bonds. The molecule has 0 bridgehead atoms. The Hall–Kier alpha value is -0.830. The highest BCUT2D eigenvalue weighted by atomic mass is 32.1. The van der Waals surface area contributed by atoms with Crippen LogP contribution < -0.4 is 0 Å². The van der Waals surface area contributed by atoms with Gasteiger partial charge in [-0.1, -0.05) is 90.0 Å². The second-order valence-electron chi connectivity index (χ2n) is 9.82. The van der Waals surface area contributed by atoms with Gasteiger partial charge in [-0.05, 0) is 25.7 Å². The van der Waals surface area contributed by atoms with Crippen molar-refractivity contribution in [2.45, 2.75) is 128 Å². The minimum absolute atomic E-state index is 0.704. The fourth-order valence-corrected chi connectivity index (χ4v) is 7.08. The Kier molecular flexibility index (Phi) is 8.10. The van der Waals surface area contributed by atoms with Gasteiger partial charge in [-0.15, -0.1) is 11.3 Å². The molecule has 1 aromatic rings. The summed E-state index contributed by atoms with van der Waals surface area (Å²) in [5.74, 6) is 0.704. The topological polar surface area (TPSA) is 16.1 Å². The van der Waals surface area contributed by atoms with Crippen LogP contribution >= 0.6 is 11.3 Å². The second kappa shape index (κ2) is 11.0. The summed E-state index contributed by atoms with van der Waals surface area (Å²) >= 11 is 2.01. The molecule has 2 nitrogen and oxygen atoms in total. The Morgan fingerprint density at radius 2 is 1.24 bits per heavy atom. The first kappa shape index (κ1) is 21.4. The van der Waals surface area contributed by atoms with Gasteiger partial charge in [0.2, 0.25) is 0 Å². The Labute approximate surface area is 183 Å². The van der Waals surface area contributed by atoms with E-state index in [2.05, 4.69) is 11.5 Å². The number of rotatable bonds is 2. The predicted octanol–water partition coefficient (Wildman–Crippen LogP) is 8.08. The summed E-state index contributed by atoms with van der Waals surface area (Å²) < 4.78 is 0. The molecule has 3 aliphatic rings. The molecule has 1 aromatic heterocycles. The van der Waals surface area contributed by atoms with Gasteiger partial charge < -0.3 is 4.90 Å². The zero-order valence-corrected chi connectivity index (χ0v) is 19.4. The third-order valence-corrected chi connectivity index (χ3v) is 8.94. The van der Waals surface area contributed by atoms with Crippen molar-refractivity contribution in [2.24, 2.45) is 0 Å². The summed E-state index contributed by atoms with van der Waals surface area (Å²) in [5, 5.41) is 1.44. The van der Waals surface area contributed by atoms with Crippen LogP contribution in [0.25, 0.3) is 5.70 Å². The molecular weight excluding hydrogens is 372 g/mol. The van der Waals surface area contributed by atoms with E-state index in [1.54, 1.807) is 0 Å². The molecule has 0 radical (unpaired) electrons. The zero-order valence-electron chi connectivity index (χ0n) is 18.6. The average Bonchev–Trinajstić information content (AvgIpc) is 3.22. The van der Waals surface area contributed by atoms with E-state index in [4.69, 9.17) is 4.98 Å². The van der Waals surface area contributed by atoms with Gasteiger partial charge in [-0.25, -0.2) is 4.98 Å². The van der Waals surface area contributed by atoms with Crippen LogP contribution in [0, 0.1) is 0 Å². The van der Waals surface area contributed by atoms with Gasteiger partial charge in [0.25, 0.3) is 0 Å². The number of hydrogen-bond acceptors (Lipinski definition) is 3. The van der Waals surface area contributed by atoms with Gasteiger partial charge in [-0.3, -0.25) is 0 Å². The number of fused-ring (bicyclic) bond motifs is 1. The Bertz CT molecular complexity index is 629. The monoisotopic (exact) mass is 414 g/mol. The van der Waals surface area contributed by atoms with Gasteiger partial charge in [0.1, 0.15) is 0 Å². The fourth-order valence-electron chi connectivity index (χ4n) is 5.81. The van der Waals surface area contributed by atoms with E-state index in [1.165, 1.54) is 130 Å². The van der Waals surface area contributed by atoms with Crippen LogP contribution in [0.3, 0.4) is 0 Å². The first-order chi connectivity index (χ1) is 14.3. The highest BCUT2D eigenvalue weighted by Crippen LogP contribution is 2.40. The van der Waals surface area contributed by atoms with Gasteiger partial charge >= 0.3 is 0 Å². The molecule has 0 N–H and O–H groups in total. The minimum Gasteiger partial charge on any atom is -0.367 e. The van der Waals surface area contributed by atoms with Crippen molar-refractivity contribution < 1.29 is 0 Å². The van der Waals surface area contributed by atoms with Crippen molar-refractivity contribution in [1.82, 2.24) is 9.88 Å². The highest BCUT2D eigenvalue weighted by molar-refractivity contribution is 7.13. The smallest absolute Gasteiger partial charge is 0.0966 e. The molecular formula is C26H42N2S. The average molecular weight is 415 g/mol. The van der Waals surface area contributed by atoms with E-state index in [9.17, 15) is 0 Å². The lowest BCUT2D eigenvalue weighted by Gasteiger charge is -2.37. The largest absolute Gasteiger partial charge is 0.367 e. The van der Waals surface area contributed by atoms with Gasteiger partial charge in [0, 0.05) is 30.6 Å². The quantitative estimate of drug-likeness (QED) is 0.486. The van der Waals surface area contributed by atoms with E-state index >= 15 is 0 Å². The molecule has 0 unspecified atom stereocenters. The Morgan fingerprint density at radius 3 is 1.83 bits per heavy atom. The molecule has 4 rings (SSSR count). The van der Waals surface area contributed by atoms with Gasteiger partial charge in [-0.2, -0.15) is 0 Å². The van der Waals surface area contributed by atoms with Crippen molar-refractivity contribution in [1.29, 1.82) is 0 Å². The molecule has 2 heterocycles. The van der Waals surface area contributed by atoms with Crippen LogP contribution in [-0.4, -0.2) is 22.5 Å². The molecule has 0 saturated heterocycles. The lowest BCUT2D eigenvalue weighted by molar-refractivity contribution is 0.254. The lowest BCUT2D eigenvalue weighted by atomic mass is 9.92. The highest BCUT2D eigenvalue weighted by Gasteiger charge is 2.30. The maximum Gasteiger partial charge on any atom is 0.0966 e. The first-order valence-electron chi connectivity index (χ1n) is 12.8. The van der Waals surface area contributed by atoms with Crippen LogP contribution in [0.5, 0.6) is 0 Å². The maximum absolute atomic E-state index is 5.21. The minimum atomic E-state index is 0.704. The third-order valence-electron chi connectivity index (χ3n) is 7.63. The summed E-state index contributed by atoms with van der Waals surface area (Å²) in [5.41, 5.74) is 2.67. The Balaban J connectivity index is 1.45. The molecule has 1 aliphatic heterocycles. The molecule has 0 aromatic carbocycles. The van der Waals surface area contributed by atoms with Crippen molar-refractivity contribution >= 4 is 17.0 Å². The van der Waals surface area contributed by atoms with Crippen molar-refractivity contribution in [3.63, 3.8) is 0 Å². The van der Waals surface area contributed by atoms with E-state index in [0.717, 1.165) is 13.0 Å². The van der Waals surface area contributed by atoms with Gasteiger partial charge in [0.05, 0.1) is 15.6 Å². The third kappa shape index (κ3) is 5.66. The van der Waals surface area contributed by atoms with Crippen molar-refractivity contribution in [3.05, 3.63) is 22.2 Å². The molecule has 2 saturated carbocycles. The van der Waals surface area contributed by atoms with Crippen LogP contribution in [-0.2, 0) is 6.42 Å². The van der Waals surface area contributed by atoms with Gasteiger partial charge in [0.15, 0.2) is 0 Å². The molecule has 2 fully saturated rings. The maximum atomic E-state index is 5.21. The van der Waals surface area contributed by atoms with Crippen LogP contribution in [0.4, 0.5) is 0 Å². The van der Waals surface area contributed by atoms with E-state index in [0.29, 0.717) is 12.0 Å². The van der Waals surface area contributed by atoms with Crippen LogP contribution in [0.2, 0.25) is 0 Å². The van der Waals surface area contributed by atoms with Crippen molar-refractivity contribution in [3.8, 4) is 0 Å². The number of nitrogens with zero attached hydrogens (tertiary/aromatic N) is 2. The second-order valence-corrected chi connectivity index (χ2v) is 10.9. The summed E-state index contributed by atoms with van der Waals surface area (Å²) in [6.45, 7) is 5.75. The summed E-state index contributed by atoms with van der Waals surface area (Å²) in [6, 6.07) is 0.716. The molecule has 0 spiro atoms. The summed E-state index contributed by atoms with van der Waals surface area (Å²) in [6.07, 6.45) is 25.1. The van der Waals surface area contributed by atoms with E-state index in [1.807, 2.05) is 11.3 Å². The zero-order chi connectivity index (χ0) is 19.9. The summed E-state index contributed by atoms with van der Waals surface area (Å²) in [7, 11) is 0. The number of hydrogen-bond donors (Lipinski definition) is 0. The standard InChI is InChI=1S/C26H42N2S/c1-21-25-24(19-20-28(21)23-17-13-9-5-6-10-14-18-23)27-26(29-25)22-15-11-7-3-2-4-8-12-16-22/h22-23H,1-20H2. The Morgan fingerprint density at radius 1 is 0.724 bits per heavy atom. The van der Waals surface area contributed by atoms with E-state index < -0.39 is 0 Å². The first-order valence-corrected chi connectivity index (χ1v) is 13.6. The normalized spacial score (nSPS) is 24.4. The molecule has 3 heteroatoms. The fraction of sp³-hybridized carbons (Fsp3) is 0.808. The number of aromatic nitrogens is 1. The van der Waals surface area contributed by atoms with Crippen LogP contribution in [0.15, 0.2) is 6.58 Å². The lowest BCUT2D eigenvalue weighted by Crippen LogP contribution is -2.37. The molecule has 0 atom stereocenters. The molecule has 2 aliphatic carbocycles. The number of thiazole rings is 1. The van der Waals surface area contributed by atoms with E-state index in [-0.39, 0.29) is 0 Å². The molecule has 162 valence electrons. The predicted molar refractivity (Wildman–Crippen MR) is 127 cm³/mol.